The summed E-state index contributed by atoms with van der Waals surface area (Å²) in [5, 5.41) is 0. The summed E-state index contributed by atoms with van der Waals surface area (Å²) in [5.74, 6) is -0.558. The van der Waals surface area contributed by atoms with Crippen LogP contribution in [0.15, 0.2) is 28.7 Å². The van der Waals surface area contributed by atoms with Crippen LogP contribution in [0.5, 0.6) is 0 Å². The predicted molar refractivity (Wildman–Crippen MR) is 74.6 cm³/mol. The molecule has 0 N–H and O–H groups in total. The van der Waals surface area contributed by atoms with Gasteiger partial charge >= 0.3 is 5.97 Å². The van der Waals surface area contributed by atoms with Crippen LogP contribution in [0.2, 0.25) is 0 Å². The minimum atomic E-state index is -0.289. The van der Waals surface area contributed by atoms with Gasteiger partial charge in [-0.15, -0.1) is 0 Å². The lowest BCUT2D eigenvalue weighted by Gasteiger charge is -2.16. The molecule has 1 aromatic carbocycles. The molecule has 0 spiro atoms. The number of halogens is 1. The molecule has 1 aliphatic rings. The Balaban J connectivity index is 2.30. The molecule has 0 aromatic heterocycles. The van der Waals surface area contributed by atoms with E-state index in [4.69, 9.17) is 4.74 Å². The van der Waals surface area contributed by atoms with E-state index in [-0.39, 0.29) is 23.7 Å². The lowest BCUT2D eigenvalue weighted by Crippen LogP contribution is -2.27. The highest BCUT2D eigenvalue weighted by Crippen LogP contribution is 2.34. The van der Waals surface area contributed by atoms with Crippen LogP contribution in [0, 0.1) is 5.92 Å². The quantitative estimate of drug-likeness (QED) is 0.783. The Hall–Kier alpha value is -1.36. The van der Waals surface area contributed by atoms with Gasteiger partial charge in [0.15, 0.2) is 0 Å². The highest BCUT2D eigenvalue weighted by molar-refractivity contribution is 9.10. The van der Waals surface area contributed by atoms with E-state index in [1.807, 2.05) is 24.3 Å². The molecule has 102 valence electrons. The Bertz CT molecular complexity index is 503. The molecule has 4 nitrogen and oxygen atoms in total. The summed E-state index contributed by atoms with van der Waals surface area (Å²) < 4.78 is 5.82. The minimum absolute atomic E-state index is 0.00569. The lowest BCUT2D eigenvalue weighted by atomic mass is 9.89. The molecule has 2 unspecified atom stereocenters. The molecule has 0 aliphatic carbocycles. The van der Waals surface area contributed by atoms with Gasteiger partial charge in [-0.2, -0.15) is 0 Å². The molecule has 1 saturated heterocycles. The molecule has 0 bridgehead atoms. The zero-order valence-electron chi connectivity index (χ0n) is 10.9. The van der Waals surface area contributed by atoms with Crippen molar-refractivity contribution in [3.63, 3.8) is 0 Å². The first kappa shape index (κ1) is 14.1. The van der Waals surface area contributed by atoms with E-state index < -0.39 is 0 Å². The van der Waals surface area contributed by atoms with Gasteiger partial charge in [0.25, 0.3) is 0 Å². The van der Waals surface area contributed by atoms with Gasteiger partial charge in [0.1, 0.15) is 0 Å². The molecule has 1 aromatic rings. The van der Waals surface area contributed by atoms with Crippen molar-refractivity contribution in [3.05, 3.63) is 34.3 Å². The van der Waals surface area contributed by atoms with Crippen molar-refractivity contribution in [2.45, 2.75) is 12.8 Å². The predicted octanol–water partition coefficient (Wildman–Crippen LogP) is 2.18. The normalized spacial score (nSPS) is 22.4. The van der Waals surface area contributed by atoms with Crippen molar-refractivity contribution >= 4 is 27.8 Å². The van der Waals surface area contributed by atoms with Crippen molar-refractivity contribution in [1.82, 2.24) is 4.90 Å². The number of rotatable bonds is 2. The highest BCUT2D eigenvalue weighted by Gasteiger charge is 2.40. The number of benzene rings is 1. The maximum absolute atomic E-state index is 11.9. The summed E-state index contributed by atoms with van der Waals surface area (Å²) in [7, 11) is 1.39. The average molecular weight is 326 g/mol. The van der Waals surface area contributed by atoms with Gasteiger partial charge in [0.2, 0.25) is 5.91 Å². The number of amides is 1. The molecule has 1 heterocycles. The van der Waals surface area contributed by atoms with E-state index in [1.54, 1.807) is 4.90 Å². The molecule has 1 amide bonds. The van der Waals surface area contributed by atoms with Crippen LogP contribution in [0.3, 0.4) is 0 Å². The van der Waals surface area contributed by atoms with Gasteiger partial charge in [0.05, 0.1) is 13.0 Å². The maximum Gasteiger partial charge on any atom is 0.311 e. The van der Waals surface area contributed by atoms with Crippen LogP contribution >= 0.6 is 15.9 Å². The fourth-order valence-corrected chi connectivity index (χ4v) is 2.94. The number of ether oxygens (including phenoxy) is 1. The van der Waals surface area contributed by atoms with Crippen LogP contribution in [0.1, 0.15) is 18.4 Å². The van der Waals surface area contributed by atoms with Crippen molar-refractivity contribution in [1.29, 1.82) is 0 Å². The monoisotopic (exact) mass is 325 g/mol. The van der Waals surface area contributed by atoms with Crippen molar-refractivity contribution in [2.24, 2.45) is 5.92 Å². The third kappa shape index (κ3) is 2.97. The number of hydrogen-bond acceptors (Lipinski definition) is 3. The van der Waals surface area contributed by atoms with E-state index in [0.717, 1.165) is 10.0 Å². The van der Waals surface area contributed by atoms with E-state index in [2.05, 4.69) is 15.9 Å². The van der Waals surface area contributed by atoms with E-state index in [1.165, 1.54) is 14.0 Å². The second-order valence-electron chi connectivity index (χ2n) is 4.72. The van der Waals surface area contributed by atoms with Crippen molar-refractivity contribution in [3.8, 4) is 0 Å². The van der Waals surface area contributed by atoms with Crippen LogP contribution in [0.4, 0.5) is 0 Å². The Morgan fingerprint density at radius 1 is 1.37 bits per heavy atom. The molecule has 1 fully saturated rings. The van der Waals surface area contributed by atoms with Gasteiger partial charge in [-0.3, -0.25) is 9.59 Å². The summed E-state index contributed by atoms with van der Waals surface area (Å²) in [6.45, 7) is 2.52. The number of likely N-dealkylation sites (tertiary alicyclic amines) is 1. The first-order valence-electron chi connectivity index (χ1n) is 6.11. The van der Waals surface area contributed by atoms with Gasteiger partial charge in [-0.1, -0.05) is 28.1 Å². The molecular formula is C14H16BrNO3. The van der Waals surface area contributed by atoms with Gasteiger partial charge in [-0.25, -0.2) is 0 Å². The van der Waals surface area contributed by atoms with Gasteiger partial charge in [0, 0.05) is 30.4 Å². The maximum atomic E-state index is 11.9. The first-order valence-corrected chi connectivity index (χ1v) is 6.91. The largest absolute Gasteiger partial charge is 0.469 e. The minimum Gasteiger partial charge on any atom is -0.469 e. The number of hydrogen-bond donors (Lipinski definition) is 0. The second kappa shape index (κ2) is 5.74. The van der Waals surface area contributed by atoms with Crippen molar-refractivity contribution < 1.29 is 14.3 Å². The zero-order valence-corrected chi connectivity index (χ0v) is 12.5. The smallest absolute Gasteiger partial charge is 0.311 e. The first-order chi connectivity index (χ1) is 9.02. The van der Waals surface area contributed by atoms with E-state index >= 15 is 0 Å². The third-order valence-electron chi connectivity index (χ3n) is 3.55. The Morgan fingerprint density at radius 2 is 2.11 bits per heavy atom. The molecule has 19 heavy (non-hydrogen) atoms. The zero-order chi connectivity index (χ0) is 14.0. The number of carbonyl (C=O) groups excluding carboxylic acids is 2. The van der Waals surface area contributed by atoms with Crippen molar-refractivity contribution in [2.75, 3.05) is 20.2 Å². The van der Waals surface area contributed by atoms with E-state index in [0.29, 0.717) is 13.1 Å². The third-order valence-corrected chi connectivity index (χ3v) is 4.04. The summed E-state index contributed by atoms with van der Waals surface area (Å²) in [5.41, 5.74) is 1.05. The van der Waals surface area contributed by atoms with Crippen LogP contribution < -0.4 is 0 Å². The summed E-state index contributed by atoms with van der Waals surface area (Å²) in [6.07, 6.45) is 0. The fraction of sp³-hybridized carbons (Fsp3) is 0.429. The number of carbonyl (C=O) groups is 2. The topological polar surface area (TPSA) is 46.6 Å². The molecule has 0 radical (unpaired) electrons. The number of methoxy groups -OCH3 is 1. The van der Waals surface area contributed by atoms with Crippen LogP contribution in [0.25, 0.3) is 0 Å². The SMILES string of the molecule is COC(=O)C1CN(C(C)=O)CC1c1cccc(Br)c1. The molecule has 1 aliphatic heterocycles. The Morgan fingerprint density at radius 3 is 2.68 bits per heavy atom. The van der Waals surface area contributed by atoms with E-state index in [9.17, 15) is 9.59 Å². The highest BCUT2D eigenvalue weighted by atomic mass is 79.9. The summed E-state index contributed by atoms with van der Waals surface area (Å²) >= 11 is 3.43. The Labute approximate surface area is 120 Å². The second-order valence-corrected chi connectivity index (χ2v) is 5.63. The summed E-state index contributed by atoms with van der Waals surface area (Å²) in [6, 6.07) is 7.85. The molecule has 5 heteroatoms. The lowest BCUT2D eigenvalue weighted by molar-refractivity contribution is -0.145. The number of nitrogens with zero attached hydrogens (tertiary/aromatic N) is 1. The molecule has 2 rings (SSSR count). The van der Waals surface area contributed by atoms with Crippen LogP contribution in [-0.2, 0) is 14.3 Å². The molecule has 2 atom stereocenters. The summed E-state index contributed by atoms with van der Waals surface area (Å²) in [4.78, 5) is 25.1. The molecule has 0 saturated carbocycles. The fourth-order valence-electron chi connectivity index (χ4n) is 2.53. The number of esters is 1. The average Bonchev–Trinajstić information content (AvgIpc) is 2.83. The van der Waals surface area contributed by atoms with Gasteiger partial charge in [-0.05, 0) is 17.7 Å². The molecular weight excluding hydrogens is 310 g/mol. The van der Waals surface area contributed by atoms with Gasteiger partial charge < -0.3 is 9.64 Å². The Kier molecular flexibility index (Phi) is 4.24. The van der Waals surface area contributed by atoms with Crippen LogP contribution in [-0.4, -0.2) is 37.0 Å². The standard InChI is InChI=1S/C14H16BrNO3/c1-9(17)16-7-12(13(8-16)14(18)19-2)10-4-3-5-11(15)6-10/h3-6,12-13H,7-8H2,1-2H3.